The van der Waals surface area contributed by atoms with E-state index in [-0.39, 0.29) is 5.91 Å². The second-order valence-corrected chi connectivity index (χ2v) is 5.47. The van der Waals surface area contributed by atoms with Gasteiger partial charge >= 0.3 is 0 Å². The molecule has 1 aromatic carbocycles. The van der Waals surface area contributed by atoms with E-state index in [0.717, 1.165) is 28.3 Å². The van der Waals surface area contributed by atoms with Crippen LogP contribution in [0.4, 0.5) is 5.69 Å². The van der Waals surface area contributed by atoms with E-state index in [2.05, 4.69) is 10.3 Å². The lowest BCUT2D eigenvalue weighted by atomic mass is 10.1. The fraction of sp³-hybridized carbons (Fsp3) is 0.200. The standard InChI is InChI=1S/C15H15N3OS/c1-2-3-14(19)16-12-6-4-11(5-7-12)13-10-18-8-9-20-15(18)17-13/h4-10H,2-3H2,1H3,(H,16,19). The van der Waals surface area contributed by atoms with Crippen LogP contribution in [-0.4, -0.2) is 15.3 Å². The van der Waals surface area contributed by atoms with Crippen molar-refractivity contribution < 1.29 is 4.79 Å². The van der Waals surface area contributed by atoms with Crippen LogP contribution in [0.15, 0.2) is 42.0 Å². The molecule has 0 aliphatic rings. The molecule has 20 heavy (non-hydrogen) atoms. The fourth-order valence-electron chi connectivity index (χ4n) is 2.04. The number of nitrogens with one attached hydrogen (secondary N) is 1. The Bertz CT molecular complexity index is 699. The van der Waals surface area contributed by atoms with Gasteiger partial charge in [-0.05, 0) is 18.6 Å². The van der Waals surface area contributed by atoms with Crippen LogP contribution < -0.4 is 5.32 Å². The molecular weight excluding hydrogens is 270 g/mol. The zero-order valence-corrected chi connectivity index (χ0v) is 12.0. The first-order chi connectivity index (χ1) is 9.76. The van der Waals surface area contributed by atoms with Gasteiger partial charge in [-0.2, -0.15) is 0 Å². The van der Waals surface area contributed by atoms with Gasteiger partial charge in [0.05, 0.1) is 5.69 Å². The van der Waals surface area contributed by atoms with E-state index in [1.54, 1.807) is 11.3 Å². The van der Waals surface area contributed by atoms with E-state index < -0.39 is 0 Å². The molecule has 0 radical (unpaired) electrons. The summed E-state index contributed by atoms with van der Waals surface area (Å²) >= 11 is 1.61. The average Bonchev–Trinajstić information content (AvgIpc) is 3.00. The number of aromatic nitrogens is 2. The first-order valence-corrected chi connectivity index (χ1v) is 7.46. The van der Waals surface area contributed by atoms with Crippen molar-refractivity contribution in [2.75, 3.05) is 5.32 Å². The van der Waals surface area contributed by atoms with Crippen molar-refractivity contribution in [2.24, 2.45) is 0 Å². The van der Waals surface area contributed by atoms with Crippen LogP contribution in [0.25, 0.3) is 16.2 Å². The summed E-state index contributed by atoms with van der Waals surface area (Å²) in [5.74, 6) is 0.0581. The molecule has 3 rings (SSSR count). The molecule has 0 atom stereocenters. The lowest BCUT2D eigenvalue weighted by Crippen LogP contribution is -2.10. The van der Waals surface area contributed by atoms with Crippen molar-refractivity contribution >= 4 is 27.9 Å². The Balaban J connectivity index is 1.78. The maximum absolute atomic E-state index is 11.5. The molecule has 0 unspecified atom stereocenters. The summed E-state index contributed by atoms with van der Waals surface area (Å²) in [5.41, 5.74) is 2.82. The quantitative estimate of drug-likeness (QED) is 0.792. The Kier molecular flexibility index (Phi) is 3.52. The molecule has 1 amide bonds. The van der Waals surface area contributed by atoms with Crippen LogP contribution in [0.5, 0.6) is 0 Å². The average molecular weight is 285 g/mol. The monoisotopic (exact) mass is 285 g/mol. The Morgan fingerprint density at radius 2 is 2.15 bits per heavy atom. The number of carbonyl (C=O) groups excluding carboxylic acids is 1. The van der Waals surface area contributed by atoms with Crippen LogP contribution in [0, 0.1) is 0 Å². The number of anilines is 1. The number of amides is 1. The third-order valence-electron chi connectivity index (χ3n) is 3.03. The van der Waals surface area contributed by atoms with Gasteiger partial charge in [-0.3, -0.25) is 9.20 Å². The van der Waals surface area contributed by atoms with Gasteiger partial charge in [-0.1, -0.05) is 19.1 Å². The summed E-state index contributed by atoms with van der Waals surface area (Å²) in [4.78, 5) is 17.1. The molecule has 0 saturated heterocycles. The summed E-state index contributed by atoms with van der Waals surface area (Å²) in [7, 11) is 0. The highest BCUT2D eigenvalue weighted by Gasteiger charge is 2.06. The summed E-state index contributed by atoms with van der Waals surface area (Å²) in [6.07, 6.45) is 5.42. The zero-order valence-electron chi connectivity index (χ0n) is 11.2. The van der Waals surface area contributed by atoms with E-state index in [1.807, 2.05) is 53.4 Å². The Labute approximate surface area is 121 Å². The molecule has 102 valence electrons. The van der Waals surface area contributed by atoms with Gasteiger partial charge in [0.2, 0.25) is 5.91 Å². The topological polar surface area (TPSA) is 46.4 Å². The zero-order chi connectivity index (χ0) is 13.9. The number of hydrogen-bond donors (Lipinski definition) is 1. The summed E-state index contributed by atoms with van der Waals surface area (Å²) < 4.78 is 2.01. The number of carbonyl (C=O) groups is 1. The van der Waals surface area contributed by atoms with Crippen molar-refractivity contribution in [1.82, 2.24) is 9.38 Å². The summed E-state index contributed by atoms with van der Waals surface area (Å²) in [6, 6.07) is 7.79. The molecule has 2 heterocycles. The van der Waals surface area contributed by atoms with Crippen LogP contribution in [0.1, 0.15) is 19.8 Å². The lowest BCUT2D eigenvalue weighted by molar-refractivity contribution is -0.116. The van der Waals surface area contributed by atoms with Crippen LogP contribution in [-0.2, 0) is 4.79 Å². The molecular formula is C15H15N3OS. The first-order valence-electron chi connectivity index (χ1n) is 6.59. The Hall–Kier alpha value is -2.14. The highest BCUT2D eigenvalue weighted by molar-refractivity contribution is 7.15. The maximum atomic E-state index is 11.5. The van der Waals surface area contributed by atoms with Crippen molar-refractivity contribution in [1.29, 1.82) is 0 Å². The number of hydrogen-bond acceptors (Lipinski definition) is 3. The second-order valence-electron chi connectivity index (χ2n) is 4.59. The van der Waals surface area contributed by atoms with Gasteiger partial charge in [0.25, 0.3) is 0 Å². The molecule has 3 aromatic rings. The normalized spacial score (nSPS) is 10.8. The minimum atomic E-state index is 0.0581. The highest BCUT2D eigenvalue weighted by atomic mass is 32.1. The third-order valence-corrected chi connectivity index (χ3v) is 3.81. The van der Waals surface area contributed by atoms with Crippen molar-refractivity contribution in [3.05, 3.63) is 42.0 Å². The van der Waals surface area contributed by atoms with Gasteiger partial charge in [-0.15, -0.1) is 11.3 Å². The van der Waals surface area contributed by atoms with Crippen LogP contribution >= 0.6 is 11.3 Å². The molecule has 0 bridgehead atoms. The van der Waals surface area contributed by atoms with Gasteiger partial charge in [0.15, 0.2) is 4.96 Å². The minimum absolute atomic E-state index is 0.0581. The van der Waals surface area contributed by atoms with Gasteiger partial charge < -0.3 is 5.32 Å². The highest BCUT2D eigenvalue weighted by Crippen LogP contribution is 2.23. The second kappa shape index (κ2) is 5.46. The van der Waals surface area contributed by atoms with E-state index in [9.17, 15) is 4.79 Å². The van der Waals surface area contributed by atoms with Crippen molar-refractivity contribution in [2.45, 2.75) is 19.8 Å². The largest absolute Gasteiger partial charge is 0.326 e. The lowest BCUT2D eigenvalue weighted by Gasteiger charge is -2.04. The molecule has 4 nitrogen and oxygen atoms in total. The molecule has 0 aliphatic carbocycles. The molecule has 5 heteroatoms. The smallest absolute Gasteiger partial charge is 0.224 e. The van der Waals surface area contributed by atoms with E-state index in [0.29, 0.717) is 6.42 Å². The maximum Gasteiger partial charge on any atom is 0.224 e. The van der Waals surface area contributed by atoms with Crippen molar-refractivity contribution in [3.8, 4) is 11.3 Å². The van der Waals surface area contributed by atoms with Gasteiger partial charge in [0, 0.05) is 35.4 Å². The number of imidazole rings is 1. The van der Waals surface area contributed by atoms with E-state index in [4.69, 9.17) is 0 Å². The summed E-state index contributed by atoms with van der Waals surface area (Å²) in [5, 5.41) is 4.89. The van der Waals surface area contributed by atoms with Crippen LogP contribution in [0.2, 0.25) is 0 Å². The van der Waals surface area contributed by atoms with Gasteiger partial charge in [-0.25, -0.2) is 4.98 Å². The number of thiazole rings is 1. The number of fused-ring (bicyclic) bond motifs is 1. The minimum Gasteiger partial charge on any atom is -0.326 e. The fourth-order valence-corrected chi connectivity index (χ4v) is 2.74. The van der Waals surface area contributed by atoms with Crippen molar-refractivity contribution in [3.63, 3.8) is 0 Å². The predicted octanol–water partition coefficient (Wildman–Crippen LogP) is 3.80. The SMILES string of the molecule is CCCC(=O)Nc1ccc(-c2cn3ccsc3n2)cc1. The molecule has 0 spiro atoms. The van der Waals surface area contributed by atoms with Gasteiger partial charge in [0.1, 0.15) is 0 Å². The molecule has 0 fully saturated rings. The molecule has 0 aliphatic heterocycles. The molecule has 0 saturated carbocycles. The molecule has 2 aromatic heterocycles. The molecule has 1 N–H and O–H groups in total. The number of nitrogens with zero attached hydrogens (tertiary/aromatic N) is 2. The Morgan fingerprint density at radius 3 is 2.85 bits per heavy atom. The Morgan fingerprint density at radius 1 is 1.35 bits per heavy atom. The number of benzene rings is 1. The predicted molar refractivity (Wildman–Crippen MR) is 82.0 cm³/mol. The van der Waals surface area contributed by atoms with E-state index in [1.165, 1.54) is 0 Å². The summed E-state index contributed by atoms with van der Waals surface area (Å²) in [6.45, 7) is 1.99. The third kappa shape index (κ3) is 2.58. The number of rotatable bonds is 4. The first kappa shape index (κ1) is 12.9. The van der Waals surface area contributed by atoms with Crippen LogP contribution in [0.3, 0.4) is 0 Å². The van der Waals surface area contributed by atoms with E-state index >= 15 is 0 Å².